The number of amides is 1. The molecular formula is C18H23N3O2S. The van der Waals surface area contributed by atoms with Gasteiger partial charge in [0.2, 0.25) is 5.91 Å². The number of hydrogen-bond donors (Lipinski definition) is 1. The highest BCUT2D eigenvalue weighted by Gasteiger charge is 2.15. The summed E-state index contributed by atoms with van der Waals surface area (Å²) in [4.78, 5) is 19.2. The van der Waals surface area contributed by atoms with Crippen LogP contribution in [-0.4, -0.2) is 42.1 Å². The first-order valence-electron chi connectivity index (χ1n) is 8.28. The van der Waals surface area contributed by atoms with Gasteiger partial charge in [-0.25, -0.2) is 4.98 Å². The molecule has 6 heteroatoms. The summed E-state index contributed by atoms with van der Waals surface area (Å²) in [5.74, 6) is 0.00887. The highest BCUT2D eigenvalue weighted by molar-refractivity contribution is 7.09. The van der Waals surface area contributed by atoms with Crippen molar-refractivity contribution in [1.29, 1.82) is 0 Å². The van der Waals surface area contributed by atoms with Crippen LogP contribution in [0.25, 0.3) is 0 Å². The Morgan fingerprint density at radius 2 is 2.08 bits per heavy atom. The average molecular weight is 345 g/mol. The number of hydrogen-bond acceptors (Lipinski definition) is 5. The van der Waals surface area contributed by atoms with Gasteiger partial charge in [-0.15, -0.1) is 11.3 Å². The summed E-state index contributed by atoms with van der Waals surface area (Å²) in [6.07, 6.45) is 0.330. The van der Waals surface area contributed by atoms with Crippen LogP contribution in [0.5, 0.6) is 0 Å². The lowest BCUT2D eigenvalue weighted by Crippen LogP contribution is -2.35. The molecule has 0 radical (unpaired) electrons. The molecule has 0 aliphatic carbocycles. The van der Waals surface area contributed by atoms with Crippen molar-refractivity contribution in [3.8, 4) is 0 Å². The molecule has 1 fully saturated rings. The van der Waals surface area contributed by atoms with Crippen LogP contribution in [0.2, 0.25) is 0 Å². The lowest BCUT2D eigenvalue weighted by Gasteiger charge is -2.25. The summed E-state index contributed by atoms with van der Waals surface area (Å²) in [7, 11) is 0. The molecular weight excluding hydrogens is 322 g/mol. The quantitative estimate of drug-likeness (QED) is 0.873. The Hall–Kier alpha value is -1.76. The van der Waals surface area contributed by atoms with E-state index in [9.17, 15) is 4.79 Å². The summed E-state index contributed by atoms with van der Waals surface area (Å²) >= 11 is 1.63. The minimum absolute atomic E-state index is 0.00477. The number of rotatable bonds is 6. The maximum atomic E-state index is 12.2. The Morgan fingerprint density at radius 1 is 1.33 bits per heavy atom. The van der Waals surface area contributed by atoms with Gasteiger partial charge < -0.3 is 10.1 Å². The second-order valence-corrected chi connectivity index (χ2v) is 6.94. The van der Waals surface area contributed by atoms with Crippen molar-refractivity contribution in [2.24, 2.45) is 0 Å². The van der Waals surface area contributed by atoms with E-state index in [0.717, 1.165) is 49.1 Å². The number of carbonyl (C=O) groups excluding carboxylic acids is 1. The fraction of sp³-hybridized carbons (Fsp3) is 0.444. The van der Waals surface area contributed by atoms with Crippen molar-refractivity contribution in [2.45, 2.75) is 25.9 Å². The molecule has 2 aromatic rings. The van der Waals surface area contributed by atoms with E-state index in [4.69, 9.17) is 4.74 Å². The largest absolute Gasteiger partial charge is 0.379 e. The third-order valence-corrected chi connectivity index (χ3v) is 4.96. The van der Waals surface area contributed by atoms with Crippen LogP contribution in [0, 0.1) is 0 Å². The van der Waals surface area contributed by atoms with Crippen LogP contribution in [0.3, 0.4) is 0 Å². The Morgan fingerprint density at radius 3 is 2.83 bits per heavy atom. The summed E-state index contributed by atoms with van der Waals surface area (Å²) in [5.41, 5.74) is 1.96. The van der Waals surface area contributed by atoms with Gasteiger partial charge in [0.05, 0.1) is 37.9 Å². The molecule has 1 N–H and O–H groups in total. The predicted octanol–water partition coefficient (Wildman–Crippen LogP) is 2.40. The molecule has 1 aliphatic rings. The summed E-state index contributed by atoms with van der Waals surface area (Å²) in [6.45, 7) is 6.32. The third-order valence-electron chi connectivity index (χ3n) is 4.08. The van der Waals surface area contributed by atoms with Gasteiger partial charge in [-0.2, -0.15) is 0 Å². The Bertz CT molecular complexity index is 653. The summed E-state index contributed by atoms with van der Waals surface area (Å²) in [6, 6.07) is 9.99. The van der Waals surface area contributed by atoms with E-state index in [1.54, 1.807) is 11.3 Å². The van der Waals surface area contributed by atoms with Crippen molar-refractivity contribution in [1.82, 2.24) is 15.2 Å². The van der Waals surface area contributed by atoms with Crippen molar-refractivity contribution >= 4 is 17.2 Å². The molecule has 1 aliphatic heterocycles. The highest BCUT2D eigenvalue weighted by Crippen LogP contribution is 2.15. The third kappa shape index (κ3) is 4.87. The standard InChI is InChI=1S/C18H23N3O2S/c1-14(15-5-3-2-4-6-15)19-17(22)11-16-13-24-18(20-16)12-21-7-9-23-10-8-21/h2-6,13-14H,7-12H2,1H3,(H,19,22). The molecule has 1 unspecified atom stereocenters. The van der Waals surface area contributed by atoms with Crippen LogP contribution in [-0.2, 0) is 22.5 Å². The van der Waals surface area contributed by atoms with Crippen molar-refractivity contribution < 1.29 is 9.53 Å². The second-order valence-electron chi connectivity index (χ2n) is 6.00. The summed E-state index contributed by atoms with van der Waals surface area (Å²) in [5, 5.41) is 6.09. The smallest absolute Gasteiger partial charge is 0.226 e. The fourth-order valence-corrected chi connectivity index (χ4v) is 3.57. The van der Waals surface area contributed by atoms with Gasteiger partial charge in [0.15, 0.2) is 0 Å². The minimum atomic E-state index is 0.00477. The number of morpholine rings is 1. The van der Waals surface area contributed by atoms with Crippen LogP contribution in [0.1, 0.15) is 29.2 Å². The van der Waals surface area contributed by atoms with E-state index >= 15 is 0 Å². The normalized spacial score (nSPS) is 16.7. The number of carbonyl (C=O) groups is 1. The molecule has 24 heavy (non-hydrogen) atoms. The first-order valence-corrected chi connectivity index (χ1v) is 9.16. The van der Waals surface area contributed by atoms with Crippen molar-refractivity contribution in [2.75, 3.05) is 26.3 Å². The first-order chi connectivity index (χ1) is 11.7. The van der Waals surface area contributed by atoms with E-state index in [1.165, 1.54) is 0 Å². The van der Waals surface area contributed by atoms with E-state index < -0.39 is 0 Å². The number of nitrogens with zero attached hydrogens (tertiary/aromatic N) is 2. The maximum absolute atomic E-state index is 12.2. The molecule has 1 atom stereocenters. The SMILES string of the molecule is CC(NC(=O)Cc1csc(CN2CCOCC2)n1)c1ccccc1. The van der Waals surface area contributed by atoms with Gasteiger partial charge in [0, 0.05) is 18.5 Å². The Kier molecular flexibility index (Phi) is 5.96. The first kappa shape index (κ1) is 17.1. The minimum Gasteiger partial charge on any atom is -0.379 e. The Balaban J connectivity index is 1.49. The molecule has 0 saturated carbocycles. The molecule has 1 aromatic heterocycles. The van der Waals surface area contributed by atoms with Crippen LogP contribution >= 0.6 is 11.3 Å². The molecule has 3 rings (SSSR count). The van der Waals surface area contributed by atoms with Gasteiger partial charge in [-0.3, -0.25) is 9.69 Å². The molecule has 1 aromatic carbocycles. The molecule has 1 saturated heterocycles. The zero-order valence-electron chi connectivity index (χ0n) is 13.9. The van der Waals surface area contributed by atoms with Crippen molar-refractivity contribution in [3.05, 3.63) is 52.0 Å². The lowest BCUT2D eigenvalue weighted by molar-refractivity contribution is -0.121. The molecule has 5 nitrogen and oxygen atoms in total. The molecule has 128 valence electrons. The zero-order chi connectivity index (χ0) is 16.8. The highest BCUT2D eigenvalue weighted by atomic mass is 32.1. The van der Waals surface area contributed by atoms with E-state index in [1.807, 2.05) is 42.6 Å². The molecule has 1 amide bonds. The van der Waals surface area contributed by atoms with Crippen LogP contribution < -0.4 is 5.32 Å². The van der Waals surface area contributed by atoms with Crippen molar-refractivity contribution in [3.63, 3.8) is 0 Å². The average Bonchev–Trinajstić information content (AvgIpc) is 3.03. The zero-order valence-corrected chi connectivity index (χ0v) is 14.7. The van der Waals surface area contributed by atoms with Crippen LogP contribution in [0.15, 0.2) is 35.7 Å². The maximum Gasteiger partial charge on any atom is 0.226 e. The van der Waals surface area contributed by atoms with Gasteiger partial charge in [-0.1, -0.05) is 30.3 Å². The number of aromatic nitrogens is 1. The summed E-state index contributed by atoms with van der Waals surface area (Å²) < 4.78 is 5.36. The predicted molar refractivity (Wildman–Crippen MR) is 94.9 cm³/mol. The van der Waals surface area contributed by atoms with Gasteiger partial charge in [0.1, 0.15) is 5.01 Å². The van der Waals surface area contributed by atoms with E-state index in [2.05, 4.69) is 15.2 Å². The van der Waals surface area contributed by atoms with Crippen LogP contribution in [0.4, 0.5) is 0 Å². The molecule has 2 heterocycles. The molecule has 0 bridgehead atoms. The van der Waals surface area contributed by atoms with E-state index in [-0.39, 0.29) is 11.9 Å². The fourth-order valence-electron chi connectivity index (χ4n) is 2.74. The van der Waals surface area contributed by atoms with Gasteiger partial charge >= 0.3 is 0 Å². The number of thiazole rings is 1. The monoisotopic (exact) mass is 345 g/mol. The lowest BCUT2D eigenvalue weighted by atomic mass is 10.1. The second kappa shape index (κ2) is 8.37. The number of nitrogens with one attached hydrogen (secondary N) is 1. The van der Waals surface area contributed by atoms with Gasteiger partial charge in [0.25, 0.3) is 0 Å². The number of benzene rings is 1. The van der Waals surface area contributed by atoms with Gasteiger partial charge in [-0.05, 0) is 12.5 Å². The molecule has 0 spiro atoms. The topological polar surface area (TPSA) is 54.5 Å². The number of ether oxygens (including phenoxy) is 1. The Labute approximate surface area is 146 Å². The van der Waals surface area contributed by atoms with E-state index in [0.29, 0.717) is 6.42 Å².